The predicted molar refractivity (Wildman–Crippen MR) is 69.8 cm³/mol. The number of ketones is 1. The number of rotatable bonds is 6. The average Bonchev–Trinajstić information content (AvgIpc) is 2.36. The van der Waals surface area contributed by atoms with Crippen molar-refractivity contribution in [3.05, 3.63) is 29.8 Å². The minimum Gasteiger partial charge on any atom is -0.484 e. The molecule has 1 atom stereocenters. The number of hydrogen-bond acceptors (Lipinski definition) is 3. The number of amides is 1. The smallest absolute Gasteiger partial charge is 0.258 e. The molecule has 0 saturated carbocycles. The fraction of sp³-hybridized carbons (Fsp3) is 0.429. The number of carbonyl (C=O) groups excluding carboxylic acids is 2. The van der Waals surface area contributed by atoms with Crippen LogP contribution in [0.25, 0.3) is 0 Å². The molecule has 18 heavy (non-hydrogen) atoms. The zero-order valence-corrected chi connectivity index (χ0v) is 11.0. The van der Waals surface area contributed by atoms with Gasteiger partial charge in [0.15, 0.2) is 12.4 Å². The summed E-state index contributed by atoms with van der Waals surface area (Å²) in [6, 6.07) is 6.96. The van der Waals surface area contributed by atoms with Gasteiger partial charge >= 0.3 is 0 Å². The van der Waals surface area contributed by atoms with Gasteiger partial charge in [0.1, 0.15) is 5.75 Å². The zero-order valence-electron chi connectivity index (χ0n) is 11.0. The third kappa shape index (κ3) is 4.57. The van der Waals surface area contributed by atoms with Crippen LogP contribution in [0.4, 0.5) is 0 Å². The largest absolute Gasteiger partial charge is 0.484 e. The molecule has 0 saturated heterocycles. The van der Waals surface area contributed by atoms with Gasteiger partial charge in [0.25, 0.3) is 5.91 Å². The molecule has 0 aliphatic heterocycles. The van der Waals surface area contributed by atoms with Gasteiger partial charge in [-0.15, -0.1) is 0 Å². The van der Waals surface area contributed by atoms with Crippen molar-refractivity contribution in [3.8, 4) is 5.75 Å². The number of benzene rings is 1. The van der Waals surface area contributed by atoms with Gasteiger partial charge in [-0.3, -0.25) is 9.59 Å². The molecule has 0 heterocycles. The van der Waals surface area contributed by atoms with E-state index < -0.39 is 0 Å². The SMILES string of the molecule is CC[C@@H](C)NC(=O)COc1cccc(C(C)=O)c1. The summed E-state index contributed by atoms with van der Waals surface area (Å²) in [4.78, 5) is 22.7. The number of carbonyl (C=O) groups is 2. The van der Waals surface area contributed by atoms with E-state index >= 15 is 0 Å². The van der Waals surface area contributed by atoms with E-state index in [1.807, 2.05) is 13.8 Å². The molecule has 0 spiro atoms. The minimum absolute atomic E-state index is 0.0236. The van der Waals surface area contributed by atoms with Crippen molar-refractivity contribution in [3.63, 3.8) is 0 Å². The number of ether oxygens (including phenoxy) is 1. The Morgan fingerprint density at radius 1 is 1.39 bits per heavy atom. The summed E-state index contributed by atoms with van der Waals surface area (Å²) in [7, 11) is 0. The molecular formula is C14H19NO3. The Bertz CT molecular complexity index is 429. The second-order valence-corrected chi connectivity index (χ2v) is 4.25. The van der Waals surface area contributed by atoms with Crippen LogP contribution in [0, 0.1) is 0 Å². The van der Waals surface area contributed by atoms with Crippen LogP contribution < -0.4 is 10.1 Å². The molecule has 1 aromatic rings. The van der Waals surface area contributed by atoms with E-state index in [2.05, 4.69) is 5.32 Å². The molecule has 98 valence electrons. The van der Waals surface area contributed by atoms with E-state index in [1.54, 1.807) is 24.3 Å². The second kappa shape index (κ2) is 6.79. The Morgan fingerprint density at radius 2 is 2.11 bits per heavy atom. The van der Waals surface area contributed by atoms with Gasteiger partial charge in [0, 0.05) is 11.6 Å². The third-order valence-electron chi connectivity index (χ3n) is 2.63. The van der Waals surface area contributed by atoms with E-state index in [0.29, 0.717) is 11.3 Å². The Morgan fingerprint density at radius 3 is 2.72 bits per heavy atom. The lowest BCUT2D eigenvalue weighted by molar-refractivity contribution is -0.123. The molecule has 0 unspecified atom stereocenters. The molecular weight excluding hydrogens is 230 g/mol. The van der Waals surface area contributed by atoms with E-state index in [9.17, 15) is 9.59 Å². The fourth-order valence-electron chi connectivity index (χ4n) is 1.37. The van der Waals surface area contributed by atoms with Crippen molar-refractivity contribution in [2.75, 3.05) is 6.61 Å². The highest BCUT2D eigenvalue weighted by Crippen LogP contribution is 2.13. The molecule has 0 aromatic heterocycles. The van der Waals surface area contributed by atoms with Gasteiger partial charge in [-0.1, -0.05) is 19.1 Å². The molecule has 4 nitrogen and oxygen atoms in total. The first-order valence-electron chi connectivity index (χ1n) is 6.06. The number of hydrogen-bond donors (Lipinski definition) is 1. The minimum atomic E-state index is -0.155. The first kappa shape index (κ1) is 14.2. The summed E-state index contributed by atoms with van der Waals surface area (Å²) >= 11 is 0. The van der Waals surface area contributed by atoms with Crippen molar-refractivity contribution >= 4 is 11.7 Å². The molecule has 0 fully saturated rings. The standard InChI is InChI=1S/C14H19NO3/c1-4-10(2)15-14(17)9-18-13-7-5-6-12(8-13)11(3)16/h5-8,10H,4,9H2,1-3H3,(H,15,17)/t10-/m1/s1. The van der Waals surface area contributed by atoms with Crippen LogP contribution in [-0.2, 0) is 4.79 Å². The molecule has 4 heteroatoms. The Hall–Kier alpha value is -1.84. The summed E-state index contributed by atoms with van der Waals surface area (Å²) in [5, 5.41) is 2.81. The van der Waals surface area contributed by atoms with Gasteiger partial charge in [0.2, 0.25) is 0 Å². The lowest BCUT2D eigenvalue weighted by Crippen LogP contribution is -2.35. The summed E-state index contributed by atoms with van der Waals surface area (Å²) in [5.41, 5.74) is 0.579. The topological polar surface area (TPSA) is 55.4 Å². The summed E-state index contributed by atoms with van der Waals surface area (Å²) in [6.45, 7) is 5.40. The maximum absolute atomic E-state index is 11.5. The zero-order chi connectivity index (χ0) is 13.5. The van der Waals surface area contributed by atoms with Gasteiger partial charge in [-0.2, -0.15) is 0 Å². The molecule has 0 radical (unpaired) electrons. The van der Waals surface area contributed by atoms with Gasteiger partial charge < -0.3 is 10.1 Å². The molecule has 0 bridgehead atoms. The molecule has 0 aliphatic rings. The van der Waals surface area contributed by atoms with Crippen LogP contribution in [0.3, 0.4) is 0 Å². The highest BCUT2D eigenvalue weighted by molar-refractivity contribution is 5.94. The van der Waals surface area contributed by atoms with Crippen LogP contribution in [0.2, 0.25) is 0 Å². The third-order valence-corrected chi connectivity index (χ3v) is 2.63. The van der Waals surface area contributed by atoms with E-state index in [4.69, 9.17) is 4.74 Å². The first-order chi connectivity index (χ1) is 8.52. The van der Waals surface area contributed by atoms with Crippen molar-refractivity contribution in [1.82, 2.24) is 5.32 Å². The van der Waals surface area contributed by atoms with Crippen LogP contribution in [0.5, 0.6) is 5.75 Å². The van der Waals surface area contributed by atoms with Crippen LogP contribution in [-0.4, -0.2) is 24.3 Å². The molecule has 1 aromatic carbocycles. The van der Waals surface area contributed by atoms with Crippen molar-refractivity contribution < 1.29 is 14.3 Å². The molecule has 0 aliphatic carbocycles. The first-order valence-corrected chi connectivity index (χ1v) is 6.06. The monoisotopic (exact) mass is 249 g/mol. The van der Waals surface area contributed by atoms with Crippen LogP contribution >= 0.6 is 0 Å². The maximum Gasteiger partial charge on any atom is 0.258 e. The number of nitrogens with one attached hydrogen (secondary N) is 1. The Kier molecular flexibility index (Phi) is 5.36. The van der Waals surface area contributed by atoms with Gasteiger partial charge in [-0.25, -0.2) is 0 Å². The Balaban J connectivity index is 2.50. The van der Waals surface area contributed by atoms with E-state index in [1.165, 1.54) is 6.92 Å². The van der Waals surface area contributed by atoms with Crippen LogP contribution in [0.1, 0.15) is 37.6 Å². The number of Topliss-reactive ketones (excluding diaryl/α,β-unsaturated/α-hetero) is 1. The summed E-state index contributed by atoms with van der Waals surface area (Å²) < 4.78 is 5.34. The maximum atomic E-state index is 11.5. The van der Waals surface area contributed by atoms with Gasteiger partial charge in [-0.05, 0) is 32.4 Å². The molecule has 1 rings (SSSR count). The average molecular weight is 249 g/mol. The fourth-order valence-corrected chi connectivity index (χ4v) is 1.37. The van der Waals surface area contributed by atoms with Crippen molar-refractivity contribution in [2.45, 2.75) is 33.2 Å². The van der Waals surface area contributed by atoms with Crippen LogP contribution in [0.15, 0.2) is 24.3 Å². The summed E-state index contributed by atoms with van der Waals surface area (Å²) in [6.07, 6.45) is 0.881. The quantitative estimate of drug-likeness (QED) is 0.786. The highest BCUT2D eigenvalue weighted by atomic mass is 16.5. The lowest BCUT2D eigenvalue weighted by Gasteiger charge is -2.12. The lowest BCUT2D eigenvalue weighted by atomic mass is 10.1. The van der Waals surface area contributed by atoms with Crippen molar-refractivity contribution in [2.24, 2.45) is 0 Å². The van der Waals surface area contributed by atoms with E-state index in [0.717, 1.165) is 6.42 Å². The van der Waals surface area contributed by atoms with Crippen molar-refractivity contribution in [1.29, 1.82) is 0 Å². The Labute approximate surface area is 107 Å². The van der Waals surface area contributed by atoms with Gasteiger partial charge in [0.05, 0.1) is 0 Å². The summed E-state index contributed by atoms with van der Waals surface area (Å²) in [5.74, 6) is 0.351. The molecule has 1 N–H and O–H groups in total. The second-order valence-electron chi connectivity index (χ2n) is 4.25. The predicted octanol–water partition coefficient (Wildman–Crippen LogP) is 2.18. The molecule has 1 amide bonds. The van der Waals surface area contributed by atoms with E-state index in [-0.39, 0.29) is 24.3 Å². The highest BCUT2D eigenvalue weighted by Gasteiger charge is 2.07. The normalized spacial score (nSPS) is 11.7.